The number of nitriles is 1. The molecule has 3 aromatic rings. The molecular formula is C36H48F3N9O3Si. The topological polar surface area (TPSA) is 116 Å². The number of alkyl halides is 3. The van der Waals surface area contributed by atoms with Crippen molar-refractivity contribution < 1.29 is 27.4 Å². The summed E-state index contributed by atoms with van der Waals surface area (Å²) in [5.74, 6) is 0.395. The molecule has 6 rings (SSSR count). The monoisotopic (exact) mass is 739 g/mol. The van der Waals surface area contributed by atoms with Crippen LogP contribution in [0.5, 0.6) is 6.01 Å². The van der Waals surface area contributed by atoms with Gasteiger partial charge in [-0.1, -0.05) is 26.2 Å². The highest BCUT2D eigenvalue weighted by molar-refractivity contribution is 6.76. The van der Waals surface area contributed by atoms with E-state index in [0.29, 0.717) is 61.7 Å². The van der Waals surface area contributed by atoms with Gasteiger partial charge in [0, 0.05) is 57.9 Å². The average molecular weight is 740 g/mol. The molecule has 52 heavy (non-hydrogen) atoms. The number of likely N-dealkylation sites (tertiary alicyclic amines) is 1. The van der Waals surface area contributed by atoms with Crippen LogP contribution >= 0.6 is 0 Å². The normalized spacial score (nSPS) is 19.9. The van der Waals surface area contributed by atoms with E-state index in [4.69, 9.17) is 19.4 Å². The van der Waals surface area contributed by atoms with Crippen molar-refractivity contribution in [1.29, 1.82) is 5.26 Å². The van der Waals surface area contributed by atoms with Crippen LogP contribution in [0.1, 0.15) is 36.1 Å². The molecule has 1 unspecified atom stereocenters. The fraction of sp³-hybridized carbons (Fsp3) is 0.583. The second kappa shape index (κ2) is 15.4. The minimum atomic E-state index is -4.60. The summed E-state index contributed by atoms with van der Waals surface area (Å²) in [5, 5.41) is 14.4. The summed E-state index contributed by atoms with van der Waals surface area (Å²) in [4.78, 5) is 30.0. The number of piperazine rings is 1. The van der Waals surface area contributed by atoms with Crippen LogP contribution in [-0.4, -0.2) is 109 Å². The Labute approximate surface area is 303 Å². The summed E-state index contributed by atoms with van der Waals surface area (Å²) in [6.45, 7) is 14.0. The van der Waals surface area contributed by atoms with Crippen LogP contribution in [0.3, 0.4) is 0 Å². The number of benzene rings is 1. The molecule has 12 nitrogen and oxygen atoms in total. The molecule has 0 bridgehead atoms. The molecule has 0 spiro atoms. The van der Waals surface area contributed by atoms with Gasteiger partial charge in [0.1, 0.15) is 19.2 Å². The van der Waals surface area contributed by atoms with Gasteiger partial charge in [-0.2, -0.15) is 33.5 Å². The second-order valence-electron chi connectivity index (χ2n) is 15.1. The zero-order chi connectivity index (χ0) is 37.2. The number of aromatic nitrogens is 4. The minimum absolute atomic E-state index is 0.0600. The van der Waals surface area contributed by atoms with E-state index in [9.17, 15) is 23.2 Å². The molecule has 0 saturated carbocycles. The summed E-state index contributed by atoms with van der Waals surface area (Å²) in [5.41, 5.74) is 1.29. The maximum Gasteiger partial charge on any atom is 0.418 e. The molecule has 1 aromatic carbocycles. The van der Waals surface area contributed by atoms with Gasteiger partial charge >= 0.3 is 12.2 Å². The zero-order valence-corrected chi connectivity index (χ0v) is 31.5. The number of amides is 1. The molecule has 2 saturated heterocycles. The number of hydrogen-bond acceptors (Lipinski definition) is 10. The summed E-state index contributed by atoms with van der Waals surface area (Å²) in [6.07, 6.45) is 0.720. The standard InChI is InChI=1S/C36H48F3N9O3Si/c1-6-32(49)47-17-16-46(21-25(47)11-13-40)34-27-12-15-45(22-30(27)42-35(43-34)51-23-26-8-7-14-44(26)2)33-28-20-41-48(24-50-18-19-52(3,4)5)31(28)10-9-29(33)36(37,38)39/h6,9-10,20,25-26H,1,7-8,11-12,14-19,21-24H2,2-5H3/t25?,26-/m0/s1. The SMILES string of the molecule is C=CC(=O)N1CCN(c2nc(OC[C@@H]3CCCN3C)nc3c2CCN(c2c(C(F)(F)F)ccc4c2cnn4COCC[Si](C)(C)C)C3)CC1CC#N. The van der Waals surface area contributed by atoms with Crippen molar-refractivity contribution in [3.8, 4) is 12.1 Å². The summed E-state index contributed by atoms with van der Waals surface area (Å²) in [7, 11) is 0.737. The Morgan fingerprint density at radius 2 is 1.94 bits per heavy atom. The molecule has 0 radical (unpaired) electrons. The van der Waals surface area contributed by atoms with Crippen LogP contribution in [0, 0.1) is 11.3 Å². The fourth-order valence-electron chi connectivity index (χ4n) is 7.34. The van der Waals surface area contributed by atoms with E-state index in [2.05, 4.69) is 49.3 Å². The number of hydrogen-bond donors (Lipinski definition) is 0. The van der Waals surface area contributed by atoms with Gasteiger partial charge in [0.05, 0.1) is 53.7 Å². The lowest BCUT2D eigenvalue weighted by Crippen LogP contribution is -2.55. The zero-order valence-electron chi connectivity index (χ0n) is 30.5. The maximum atomic E-state index is 14.7. The molecule has 0 N–H and O–H groups in total. The van der Waals surface area contributed by atoms with Crippen molar-refractivity contribution in [1.82, 2.24) is 29.5 Å². The molecule has 2 aromatic heterocycles. The Morgan fingerprint density at radius 1 is 1.13 bits per heavy atom. The highest BCUT2D eigenvalue weighted by Crippen LogP contribution is 2.43. The van der Waals surface area contributed by atoms with E-state index in [0.717, 1.165) is 37.1 Å². The lowest BCUT2D eigenvalue weighted by atomic mass is 10.00. The van der Waals surface area contributed by atoms with E-state index in [-0.39, 0.29) is 55.9 Å². The lowest BCUT2D eigenvalue weighted by Gasteiger charge is -2.42. The Hall–Kier alpha value is -4.20. The number of fused-ring (bicyclic) bond motifs is 2. The first-order valence-electron chi connectivity index (χ1n) is 17.9. The van der Waals surface area contributed by atoms with Crippen molar-refractivity contribution in [2.24, 2.45) is 0 Å². The summed E-state index contributed by atoms with van der Waals surface area (Å²) >= 11 is 0. The number of ether oxygens (including phenoxy) is 2. The second-order valence-corrected chi connectivity index (χ2v) is 20.7. The smallest absolute Gasteiger partial charge is 0.418 e. The predicted molar refractivity (Wildman–Crippen MR) is 195 cm³/mol. The number of nitrogens with zero attached hydrogens (tertiary/aromatic N) is 9. The predicted octanol–water partition coefficient (Wildman–Crippen LogP) is 5.31. The van der Waals surface area contributed by atoms with Gasteiger partial charge in [-0.15, -0.1) is 0 Å². The van der Waals surface area contributed by atoms with Gasteiger partial charge in [-0.05, 0) is 57.1 Å². The molecule has 2 atom stereocenters. The Balaban J connectivity index is 1.34. The molecule has 16 heteroatoms. The third-order valence-electron chi connectivity index (χ3n) is 10.3. The third kappa shape index (κ3) is 8.21. The van der Waals surface area contributed by atoms with Gasteiger partial charge in [0.15, 0.2) is 0 Å². The summed E-state index contributed by atoms with van der Waals surface area (Å²) in [6, 6.07) is 5.75. The average Bonchev–Trinajstić information content (AvgIpc) is 3.72. The quantitative estimate of drug-likeness (QED) is 0.138. The Kier molecular flexibility index (Phi) is 11.1. The van der Waals surface area contributed by atoms with E-state index in [1.165, 1.54) is 18.3 Å². The van der Waals surface area contributed by atoms with Gasteiger partial charge in [0.2, 0.25) is 5.91 Å². The van der Waals surface area contributed by atoms with Crippen LogP contribution < -0.4 is 14.5 Å². The molecular weight excluding hydrogens is 692 g/mol. The van der Waals surface area contributed by atoms with E-state index < -0.39 is 19.8 Å². The van der Waals surface area contributed by atoms with E-state index >= 15 is 0 Å². The van der Waals surface area contributed by atoms with Gasteiger partial charge in [-0.25, -0.2) is 4.68 Å². The van der Waals surface area contributed by atoms with Crippen molar-refractivity contribution in [3.05, 3.63) is 47.8 Å². The lowest BCUT2D eigenvalue weighted by molar-refractivity contribution is -0.137. The largest absolute Gasteiger partial charge is 0.462 e. The van der Waals surface area contributed by atoms with Crippen molar-refractivity contribution in [2.75, 3.05) is 62.8 Å². The number of halogens is 3. The van der Waals surface area contributed by atoms with Crippen LogP contribution in [0.4, 0.5) is 24.7 Å². The highest BCUT2D eigenvalue weighted by Gasteiger charge is 2.39. The van der Waals surface area contributed by atoms with Crippen LogP contribution in [0.15, 0.2) is 31.0 Å². The summed E-state index contributed by atoms with van der Waals surface area (Å²) < 4.78 is 57.8. The van der Waals surface area contributed by atoms with Crippen molar-refractivity contribution >= 4 is 36.4 Å². The molecule has 0 aliphatic carbocycles. The fourth-order valence-corrected chi connectivity index (χ4v) is 8.10. The first-order valence-corrected chi connectivity index (χ1v) is 21.6. The number of rotatable bonds is 12. The first-order chi connectivity index (χ1) is 24.8. The van der Waals surface area contributed by atoms with Crippen LogP contribution in [0.2, 0.25) is 25.7 Å². The van der Waals surface area contributed by atoms with Crippen LogP contribution in [-0.2, 0) is 35.4 Å². The third-order valence-corrected chi connectivity index (χ3v) is 12.0. The molecule has 280 valence electrons. The number of anilines is 2. The first kappa shape index (κ1) is 37.6. The number of likely N-dealkylation sites (N-methyl/N-ethyl adjacent to an activating group) is 1. The maximum absolute atomic E-state index is 14.7. The van der Waals surface area contributed by atoms with Crippen molar-refractivity contribution in [2.45, 2.75) is 82.9 Å². The number of carbonyl (C=O) groups is 1. The van der Waals surface area contributed by atoms with E-state index in [1.807, 2.05) is 4.90 Å². The molecule has 5 heterocycles. The van der Waals surface area contributed by atoms with E-state index in [1.54, 1.807) is 14.5 Å². The Bertz CT molecular complexity index is 1820. The van der Waals surface area contributed by atoms with Gasteiger partial charge < -0.3 is 29.1 Å². The molecule has 3 aliphatic heterocycles. The van der Waals surface area contributed by atoms with Crippen LogP contribution in [0.25, 0.3) is 10.9 Å². The Morgan fingerprint density at radius 3 is 2.63 bits per heavy atom. The molecule has 3 aliphatic rings. The number of carbonyl (C=O) groups excluding carboxylic acids is 1. The highest BCUT2D eigenvalue weighted by atomic mass is 28.3. The minimum Gasteiger partial charge on any atom is -0.462 e. The van der Waals surface area contributed by atoms with Gasteiger partial charge in [-0.3, -0.25) is 4.79 Å². The molecule has 2 fully saturated rings. The van der Waals surface area contributed by atoms with Crippen molar-refractivity contribution in [3.63, 3.8) is 0 Å². The van der Waals surface area contributed by atoms with Gasteiger partial charge in [0.25, 0.3) is 0 Å². The molecule has 1 amide bonds.